The molecule has 0 amide bonds. The van der Waals surface area contributed by atoms with Gasteiger partial charge in [-0.1, -0.05) is 103 Å². The molecule has 0 aliphatic heterocycles. The van der Waals surface area contributed by atoms with Crippen molar-refractivity contribution in [1.82, 2.24) is 9.97 Å². The van der Waals surface area contributed by atoms with Crippen molar-refractivity contribution in [2.24, 2.45) is 0 Å². The smallest absolute Gasteiger partial charge is 0.146 e. The van der Waals surface area contributed by atoms with Gasteiger partial charge < -0.3 is 8.83 Å². The maximum absolute atomic E-state index is 6.89. The first-order valence-corrected chi connectivity index (χ1v) is 15.5. The van der Waals surface area contributed by atoms with Crippen molar-refractivity contribution in [2.45, 2.75) is 0 Å². The highest BCUT2D eigenvalue weighted by Crippen LogP contribution is 2.56. The zero-order chi connectivity index (χ0) is 29.9. The molecule has 0 N–H and O–H groups in total. The summed E-state index contributed by atoms with van der Waals surface area (Å²) in [6.45, 7) is 0. The number of fused-ring (bicyclic) bond motifs is 11. The Labute approximate surface area is 262 Å². The van der Waals surface area contributed by atoms with Crippen LogP contribution in [0.2, 0.25) is 0 Å². The van der Waals surface area contributed by atoms with Gasteiger partial charge in [0.25, 0.3) is 0 Å². The number of aromatic nitrogens is 2. The van der Waals surface area contributed by atoms with E-state index in [9.17, 15) is 0 Å². The number of hydrogen-bond acceptors (Lipinski definition) is 4. The summed E-state index contributed by atoms with van der Waals surface area (Å²) in [7, 11) is 0. The van der Waals surface area contributed by atoms with Crippen LogP contribution in [0.3, 0.4) is 0 Å². The minimum Gasteiger partial charge on any atom is -0.456 e. The maximum atomic E-state index is 6.89. The molecule has 10 aromatic rings. The van der Waals surface area contributed by atoms with Gasteiger partial charge >= 0.3 is 0 Å². The molecular formula is C42H22N2O2. The van der Waals surface area contributed by atoms with Crippen LogP contribution in [0.25, 0.3) is 110 Å². The van der Waals surface area contributed by atoms with Crippen molar-refractivity contribution < 1.29 is 8.83 Å². The van der Waals surface area contributed by atoms with Gasteiger partial charge in [-0.05, 0) is 57.8 Å². The summed E-state index contributed by atoms with van der Waals surface area (Å²) in [5.74, 6) is 0. The summed E-state index contributed by atoms with van der Waals surface area (Å²) in [5, 5.41) is 6.63. The van der Waals surface area contributed by atoms with Crippen LogP contribution in [0.5, 0.6) is 0 Å². The standard InChI is InChI=1S/C42H22N2O2/c1-2-12-25-23(11-1)24-15-9-16-28-36(24)37(25)38-27-14-4-8-21-33(27)46-42(38)39(28)41-40(43-30-18-5-6-19-31(30)44-41)29-17-10-22-34-35(29)26-13-3-7-20-32(26)45-34/h1-22H. The van der Waals surface area contributed by atoms with Crippen LogP contribution in [0.15, 0.2) is 142 Å². The average Bonchev–Trinajstić information content (AvgIpc) is 3.78. The van der Waals surface area contributed by atoms with Crippen molar-refractivity contribution in [2.75, 3.05) is 0 Å². The predicted molar refractivity (Wildman–Crippen MR) is 187 cm³/mol. The van der Waals surface area contributed by atoms with E-state index in [1.54, 1.807) is 0 Å². The van der Waals surface area contributed by atoms with Crippen LogP contribution >= 0.6 is 0 Å². The van der Waals surface area contributed by atoms with Crippen LogP contribution in [-0.2, 0) is 0 Å². The van der Waals surface area contributed by atoms with Gasteiger partial charge in [0.15, 0.2) is 0 Å². The average molecular weight is 587 g/mol. The molecule has 0 bridgehead atoms. The Kier molecular flexibility index (Phi) is 4.55. The fourth-order valence-corrected chi connectivity index (χ4v) is 7.75. The molecule has 1 aliphatic rings. The molecule has 212 valence electrons. The normalized spacial score (nSPS) is 12.3. The summed E-state index contributed by atoms with van der Waals surface area (Å²) in [6, 6.07) is 46.2. The third kappa shape index (κ3) is 3.03. The topological polar surface area (TPSA) is 52.1 Å². The molecule has 0 spiro atoms. The number of furan rings is 2. The zero-order valence-corrected chi connectivity index (χ0v) is 24.4. The van der Waals surface area contributed by atoms with Gasteiger partial charge in [-0.2, -0.15) is 0 Å². The summed E-state index contributed by atoms with van der Waals surface area (Å²) in [5.41, 5.74) is 13.5. The van der Waals surface area contributed by atoms with E-state index < -0.39 is 0 Å². The predicted octanol–water partition coefficient (Wildman–Crippen LogP) is 11.6. The van der Waals surface area contributed by atoms with Crippen LogP contribution in [0, 0.1) is 0 Å². The molecule has 11 rings (SSSR count). The molecule has 0 unspecified atom stereocenters. The minimum absolute atomic E-state index is 0.792. The molecule has 0 fully saturated rings. The second-order valence-corrected chi connectivity index (χ2v) is 12.0. The Balaban J connectivity index is 1.38. The van der Waals surface area contributed by atoms with E-state index in [1.807, 2.05) is 54.6 Å². The third-order valence-electron chi connectivity index (χ3n) is 9.61. The molecule has 0 saturated carbocycles. The van der Waals surface area contributed by atoms with E-state index in [2.05, 4.69) is 78.9 Å². The van der Waals surface area contributed by atoms with E-state index in [1.165, 1.54) is 27.6 Å². The molecule has 0 saturated heterocycles. The quantitative estimate of drug-likeness (QED) is 0.202. The molecule has 4 heteroatoms. The number of para-hydroxylation sites is 4. The third-order valence-corrected chi connectivity index (χ3v) is 9.61. The van der Waals surface area contributed by atoms with Crippen molar-refractivity contribution in [3.8, 4) is 44.8 Å². The van der Waals surface area contributed by atoms with Crippen LogP contribution < -0.4 is 0 Å². The highest BCUT2D eigenvalue weighted by molar-refractivity contribution is 6.33. The lowest BCUT2D eigenvalue weighted by atomic mass is 9.90. The van der Waals surface area contributed by atoms with Gasteiger partial charge in [0.05, 0.1) is 22.3 Å². The maximum Gasteiger partial charge on any atom is 0.146 e. The van der Waals surface area contributed by atoms with E-state index in [4.69, 9.17) is 18.8 Å². The lowest BCUT2D eigenvalue weighted by Crippen LogP contribution is -1.97. The fraction of sp³-hybridized carbons (Fsp3) is 0. The Morgan fingerprint density at radius 2 is 0.913 bits per heavy atom. The van der Waals surface area contributed by atoms with E-state index in [0.717, 1.165) is 82.8 Å². The minimum atomic E-state index is 0.792. The SMILES string of the molecule is c1ccc2c(c1)-c1cccc3c(-c4nc5ccccc5nc4-c4cccc5oc6ccccc6c45)c4oc5ccccc5c4c-2c13. The Bertz CT molecular complexity index is 2930. The monoisotopic (exact) mass is 586 g/mol. The van der Waals surface area contributed by atoms with Crippen molar-refractivity contribution >= 4 is 65.7 Å². The molecule has 7 aromatic carbocycles. The van der Waals surface area contributed by atoms with Gasteiger partial charge in [-0.25, -0.2) is 9.97 Å². The first-order valence-electron chi connectivity index (χ1n) is 15.5. The molecule has 1 aliphatic carbocycles. The lowest BCUT2D eigenvalue weighted by molar-refractivity contribution is 0.669. The highest BCUT2D eigenvalue weighted by atomic mass is 16.3. The van der Waals surface area contributed by atoms with Crippen molar-refractivity contribution in [1.29, 1.82) is 0 Å². The molecular weight excluding hydrogens is 564 g/mol. The first kappa shape index (κ1) is 24.1. The second-order valence-electron chi connectivity index (χ2n) is 12.0. The molecule has 0 atom stereocenters. The van der Waals surface area contributed by atoms with Gasteiger partial charge in [0.1, 0.15) is 28.0 Å². The van der Waals surface area contributed by atoms with E-state index >= 15 is 0 Å². The Morgan fingerprint density at radius 3 is 1.74 bits per heavy atom. The van der Waals surface area contributed by atoms with Crippen LogP contribution in [0.4, 0.5) is 0 Å². The highest BCUT2D eigenvalue weighted by Gasteiger charge is 2.31. The summed E-state index contributed by atoms with van der Waals surface area (Å²) < 4.78 is 13.2. The molecule has 0 radical (unpaired) electrons. The molecule has 46 heavy (non-hydrogen) atoms. The van der Waals surface area contributed by atoms with Gasteiger partial charge in [0, 0.05) is 32.7 Å². The fourth-order valence-electron chi connectivity index (χ4n) is 7.75. The van der Waals surface area contributed by atoms with Gasteiger partial charge in [-0.3, -0.25) is 0 Å². The van der Waals surface area contributed by atoms with Crippen LogP contribution in [0.1, 0.15) is 0 Å². The largest absolute Gasteiger partial charge is 0.456 e. The van der Waals surface area contributed by atoms with E-state index in [0.29, 0.717) is 0 Å². The van der Waals surface area contributed by atoms with Crippen molar-refractivity contribution in [3.63, 3.8) is 0 Å². The van der Waals surface area contributed by atoms with Gasteiger partial charge in [0.2, 0.25) is 0 Å². The first-order chi connectivity index (χ1) is 22.8. The summed E-state index contributed by atoms with van der Waals surface area (Å²) >= 11 is 0. The number of nitrogens with zero attached hydrogens (tertiary/aromatic N) is 2. The zero-order valence-electron chi connectivity index (χ0n) is 24.4. The Hall–Kier alpha value is -6.26. The number of benzene rings is 7. The lowest BCUT2D eigenvalue weighted by Gasteiger charge is -2.15. The number of rotatable bonds is 2. The second kappa shape index (κ2) is 8.68. The van der Waals surface area contributed by atoms with Gasteiger partial charge in [-0.15, -0.1) is 0 Å². The summed E-state index contributed by atoms with van der Waals surface area (Å²) in [4.78, 5) is 10.8. The van der Waals surface area contributed by atoms with Crippen molar-refractivity contribution in [3.05, 3.63) is 133 Å². The molecule has 4 nitrogen and oxygen atoms in total. The summed E-state index contributed by atoms with van der Waals surface area (Å²) in [6.07, 6.45) is 0. The van der Waals surface area contributed by atoms with Crippen LogP contribution in [-0.4, -0.2) is 9.97 Å². The van der Waals surface area contributed by atoms with E-state index in [-0.39, 0.29) is 0 Å². The molecule has 3 aromatic heterocycles. The molecule has 3 heterocycles. The Morgan fingerprint density at radius 1 is 0.348 bits per heavy atom. The number of hydrogen-bond donors (Lipinski definition) is 0.